The standard InChI is InChI=1S/C15H16FNO3/c1-10-6-13(16)3-2-11(10)4-5-17-8-14-7-12(9-20-14)15(18)19/h2-3,6-7,9,17H,4-5,8H2,1H3,(H,18,19). The minimum Gasteiger partial charge on any atom is -0.478 e. The number of hydrogen-bond acceptors (Lipinski definition) is 3. The summed E-state index contributed by atoms with van der Waals surface area (Å²) in [6, 6.07) is 6.25. The number of rotatable bonds is 6. The number of carbonyl (C=O) groups is 1. The van der Waals surface area contributed by atoms with Gasteiger partial charge in [-0.25, -0.2) is 9.18 Å². The molecular formula is C15H16FNO3. The number of halogens is 1. The van der Waals surface area contributed by atoms with E-state index in [0.717, 1.165) is 17.5 Å². The number of nitrogens with one attached hydrogen (secondary N) is 1. The van der Waals surface area contributed by atoms with E-state index in [1.807, 2.05) is 6.92 Å². The van der Waals surface area contributed by atoms with E-state index in [-0.39, 0.29) is 11.4 Å². The molecule has 106 valence electrons. The lowest BCUT2D eigenvalue weighted by Crippen LogP contribution is -2.16. The molecule has 0 spiro atoms. The first-order chi connectivity index (χ1) is 9.56. The zero-order chi connectivity index (χ0) is 14.5. The van der Waals surface area contributed by atoms with Gasteiger partial charge in [0.1, 0.15) is 17.8 Å². The fraction of sp³-hybridized carbons (Fsp3) is 0.267. The van der Waals surface area contributed by atoms with Crippen LogP contribution in [-0.4, -0.2) is 17.6 Å². The lowest BCUT2D eigenvalue weighted by molar-refractivity contribution is 0.0696. The molecule has 0 saturated carbocycles. The van der Waals surface area contributed by atoms with E-state index in [2.05, 4.69) is 5.32 Å². The van der Waals surface area contributed by atoms with Crippen LogP contribution < -0.4 is 5.32 Å². The van der Waals surface area contributed by atoms with E-state index in [0.29, 0.717) is 18.8 Å². The number of carboxylic acids is 1. The number of aryl methyl sites for hydroxylation is 1. The second kappa shape index (κ2) is 6.34. The summed E-state index contributed by atoms with van der Waals surface area (Å²) in [6.45, 7) is 3.05. The zero-order valence-corrected chi connectivity index (χ0v) is 11.1. The molecule has 0 saturated heterocycles. The molecule has 0 amide bonds. The van der Waals surface area contributed by atoms with Gasteiger partial charge in [0.2, 0.25) is 0 Å². The largest absolute Gasteiger partial charge is 0.478 e. The molecule has 0 atom stereocenters. The molecule has 1 aromatic carbocycles. The summed E-state index contributed by atoms with van der Waals surface area (Å²) in [4.78, 5) is 10.7. The molecule has 4 nitrogen and oxygen atoms in total. The highest BCUT2D eigenvalue weighted by Gasteiger charge is 2.07. The maximum absolute atomic E-state index is 12.9. The predicted molar refractivity (Wildman–Crippen MR) is 72.2 cm³/mol. The molecular weight excluding hydrogens is 261 g/mol. The maximum atomic E-state index is 12.9. The maximum Gasteiger partial charge on any atom is 0.338 e. The summed E-state index contributed by atoms with van der Waals surface area (Å²) in [6.07, 6.45) is 2.00. The van der Waals surface area contributed by atoms with Crippen LogP contribution in [0.25, 0.3) is 0 Å². The minimum atomic E-state index is -0.998. The average molecular weight is 277 g/mol. The van der Waals surface area contributed by atoms with Gasteiger partial charge < -0.3 is 14.8 Å². The van der Waals surface area contributed by atoms with Crippen LogP contribution in [0.3, 0.4) is 0 Å². The van der Waals surface area contributed by atoms with Crippen LogP contribution in [0.15, 0.2) is 34.9 Å². The zero-order valence-electron chi connectivity index (χ0n) is 11.1. The summed E-state index contributed by atoms with van der Waals surface area (Å²) >= 11 is 0. The molecule has 0 aliphatic heterocycles. The van der Waals surface area contributed by atoms with E-state index >= 15 is 0 Å². The Labute approximate surface area is 116 Å². The van der Waals surface area contributed by atoms with Gasteiger partial charge in [0, 0.05) is 0 Å². The Hall–Kier alpha value is -2.14. The highest BCUT2D eigenvalue weighted by Crippen LogP contribution is 2.11. The first kappa shape index (κ1) is 14.3. The van der Waals surface area contributed by atoms with Gasteiger partial charge in [0.25, 0.3) is 0 Å². The third kappa shape index (κ3) is 3.68. The van der Waals surface area contributed by atoms with Crippen molar-refractivity contribution in [2.24, 2.45) is 0 Å². The number of aromatic carboxylic acids is 1. The molecule has 0 aliphatic rings. The second-order valence-electron chi connectivity index (χ2n) is 4.60. The molecule has 0 fully saturated rings. The van der Waals surface area contributed by atoms with Crippen molar-refractivity contribution in [3.05, 3.63) is 58.8 Å². The van der Waals surface area contributed by atoms with Gasteiger partial charge in [-0.3, -0.25) is 0 Å². The van der Waals surface area contributed by atoms with Crippen molar-refractivity contribution in [2.45, 2.75) is 19.9 Å². The quantitative estimate of drug-likeness (QED) is 0.797. The molecule has 1 heterocycles. The molecule has 0 aliphatic carbocycles. The van der Waals surface area contributed by atoms with Crippen molar-refractivity contribution >= 4 is 5.97 Å². The monoisotopic (exact) mass is 277 g/mol. The van der Waals surface area contributed by atoms with Crippen molar-refractivity contribution in [3.8, 4) is 0 Å². The van der Waals surface area contributed by atoms with E-state index in [1.165, 1.54) is 24.5 Å². The van der Waals surface area contributed by atoms with Crippen LogP contribution in [0.1, 0.15) is 27.2 Å². The SMILES string of the molecule is Cc1cc(F)ccc1CCNCc1cc(C(=O)O)co1. The highest BCUT2D eigenvalue weighted by atomic mass is 19.1. The van der Waals surface area contributed by atoms with E-state index in [1.54, 1.807) is 6.07 Å². The van der Waals surface area contributed by atoms with Crippen molar-refractivity contribution in [2.75, 3.05) is 6.54 Å². The van der Waals surface area contributed by atoms with Gasteiger partial charge in [-0.05, 0) is 49.2 Å². The Morgan fingerprint density at radius 3 is 2.85 bits per heavy atom. The Morgan fingerprint density at radius 1 is 1.40 bits per heavy atom. The topological polar surface area (TPSA) is 62.5 Å². The summed E-state index contributed by atoms with van der Waals surface area (Å²) in [7, 11) is 0. The predicted octanol–water partition coefficient (Wildman–Crippen LogP) is 2.76. The first-order valence-corrected chi connectivity index (χ1v) is 6.32. The fourth-order valence-corrected chi connectivity index (χ4v) is 1.96. The lowest BCUT2D eigenvalue weighted by atomic mass is 10.1. The molecule has 1 aromatic heterocycles. The van der Waals surface area contributed by atoms with E-state index in [9.17, 15) is 9.18 Å². The van der Waals surface area contributed by atoms with E-state index < -0.39 is 5.97 Å². The van der Waals surface area contributed by atoms with Gasteiger partial charge in [0.05, 0.1) is 12.1 Å². The first-order valence-electron chi connectivity index (χ1n) is 6.32. The summed E-state index contributed by atoms with van der Waals surface area (Å²) in [5.74, 6) is -0.642. The fourth-order valence-electron chi connectivity index (χ4n) is 1.96. The molecule has 0 bridgehead atoms. The van der Waals surface area contributed by atoms with Gasteiger partial charge in [0.15, 0.2) is 0 Å². The Morgan fingerprint density at radius 2 is 2.20 bits per heavy atom. The van der Waals surface area contributed by atoms with Crippen LogP contribution in [0, 0.1) is 12.7 Å². The summed E-state index contributed by atoms with van der Waals surface area (Å²) < 4.78 is 18.1. The van der Waals surface area contributed by atoms with Crippen molar-refractivity contribution in [1.29, 1.82) is 0 Å². The third-order valence-corrected chi connectivity index (χ3v) is 3.08. The number of benzene rings is 1. The van der Waals surface area contributed by atoms with Crippen LogP contribution in [0.5, 0.6) is 0 Å². The van der Waals surface area contributed by atoms with Crippen LogP contribution in [0.2, 0.25) is 0 Å². The van der Waals surface area contributed by atoms with Gasteiger partial charge in [-0.2, -0.15) is 0 Å². The number of furan rings is 1. The molecule has 20 heavy (non-hydrogen) atoms. The van der Waals surface area contributed by atoms with Gasteiger partial charge >= 0.3 is 5.97 Å². The highest BCUT2D eigenvalue weighted by molar-refractivity contribution is 5.87. The van der Waals surface area contributed by atoms with Crippen LogP contribution in [-0.2, 0) is 13.0 Å². The molecule has 2 rings (SSSR count). The second-order valence-corrected chi connectivity index (χ2v) is 4.60. The Balaban J connectivity index is 1.79. The average Bonchev–Trinajstić information content (AvgIpc) is 2.85. The van der Waals surface area contributed by atoms with Crippen LogP contribution >= 0.6 is 0 Å². The summed E-state index contributed by atoms with van der Waals surface area (Å²) in [5.41, 5.74) is 2.17. The molecule has 0 unspecified atom stereocenters. The lowest BCUT2D eigenvalue weighted by Gasteiger charge is -2.06. The van der Waals surface area contributed by atoms with Crippen molar-refractivity contribution in [1.82, 2.24) is 5.32 Å². The van der Waals surface area contributed by atoms with E-state index in [4.69, 9.17) is 9.52 Å². The number of hydrogen-bond donors (Lipinski definition) is 2. The van der Waals surface area contributed by atoms with Gasteiger partial charge in [-0.15, -0.1) is 0 Å². The van der Waals surface area contributed by atoms with Crippen LogP contribution in [0.4, 0.5) is 4.39 Å². The minimum absolute atomic E-state index is 0.149. The molecule has 0 radical (unpaired) electrons. The Kier molecular flexibility index (Phi) is 4.53. The molecule has 5 heteroatoms. The molecule has 2 N–H and O–H groups in total. The Bertz CT molecular complexity index is 607. The smallest absolute Gasteiger partial charge is 0.338 e. The van der Waals surface area contributed by atoms with Crippen molar-refractivity contribution < 1.29 is 18.7 Å². The number of carboxylic acid groups (broad SMARTS) is 1. The summed E-state index contributed by atoms with van der Waals surface area (Å²) in [5, 5.41) is 11.9. The van der Waals surface area contributed by atoms with Gasteiger partial charge in [-0.1, -0.05) is 6.07 Å². The molecule has 2 aromatic rings. The normalized spacial score (nSPS) is 10.7. The third-order valence-electron chi connectivity index (χ3n) is 3.08. The van der Waals surface area contributed by atoms with Crippen molar-refractivity contribution in [3.63, 3.8) is 0 Å².